The molecule has 1 aliphatic rings. The number of halogens is 1. The van der Waals surface area contributed by atoms with Gasteiger partial charge in [-0.1, -0.05) is 18.5 Å². The third-order valence-electron chi connectivity index (χ3n) is 3.85. The molecule has 0 amide bonds. The van der Waals surface area contributed by atoms with Crippen LogP contribution in [-0.2, 0) is 0 Å². The summed E-state index contributed by atoms with van der Waals surface area (Å²) in [5.41, 5.74) is 5.97. The van der Waals surface area contributed by atoms with E-state index in [9.17, 15) is 0 Å². The zero-order valence-electron chi connectivity index (χ0n) is 11.3. The van der Waals surface area contributed by atoms with E-state index in [1.165, 1.54) is 4.88 Å². The van der Waals surface area contributed by atoms with Crippen LogP contribution in [-0.4, -0.2) is 49.6 Å². The van der Waals surface area contributed by atoms with Gasteiger partial charge in [-0.3, -0.25) is 4.90 Å². The number of nitrogens with zero attached hydrogens (tertiary/aromatic N) is 2. The van der Waals surface area contributed by atoms with Crippen LogP contribution < -0.4 is 5.73 Å². The SMILES string of the molecule is CC1CN(C(CN)c2ccc(Cl)s2)CC1N(C)C. The Morgan fingerprint density at radius 1 is 1.50 bits per heavy atom. The van der Waals surface area contributed by atoms with Crippen molar-refractivity contribution in [2.75, 3.05) is 33.7 Å². The monoisotopic (exact) mass is 287 g/mol. The second-order valence-electron chi connectivity index (χ2n) is 5.36. The van der Waals surface area contributed by atoms with E-state index in [0.717, 1.165) is 17.4 Å². The van der Waals surface area contributed by atoms with E-state index in [1.807, 2.05) is 6.07 Å². The van der Waals surface area contributed by atoms with Crippen LogP contribution in [0.25, 0.3) is 0 Å². The van der Waals surface area contributed by atoms with Crippen molar-refractivity contribution < 1.29 is 0 Å². The van der Waals surface area contributed by atoms with Crippen LogP contribution >= 0.6 is 22.9 Å². The zero-order valence-corrected chi connectivity index (χ0v) is 12.8. The normalized spacial score (nSPS) is 27.0. The summed E-state index contributed by atoms with van der Waals surface area (Å²) >= 11 is 7.68. The third-order valence-corrected chi connectivity index (χ3v) is 5.18. The molecule has 1 aromatic rings. The summed E-state index contributed by atoms with van der Waals surface area (Å²) < 4.78 is 0.847. The maximum absolute atomic E-state index is 6.03. The molecular formula is C13H22ClN3S. The second-order valence-corrected chi connectivity index (χ2v) is 7.10. The van der Waals surface area contributed by atoms with Gasteiger partial charge in [-0.05, 0) is 32.1 Å². The maximum Gasteiger partial charge on any atom is 0.0931 e. The molecular weight excluding hydrogens is 266 g/mol. The van der Waals surface area contributed by atoms with E-state index >= 15 is 0 Å². The number of nitrogens with two attached hydrogens (primary N) is 1. The molecule has 3 unspecified atom stereocenters. The molecule has 1 fully saturated rings. The summed E-state index contributed by atoms with van der Waals surface area (Å²) in [7, 11) is 4.31. The van der Waals surface area contributed by atoms with Crippen molar-refractivity contribution in [1.82, 2.24) is 9.80 Å². The lowest BCUT2D eigenvalue weighted by atomic mass is 10.1. The lowest BCUT2D eigenvalue weighted by Gasteiger charge is -2.27. The fraction of sp³-hybridized carbons (Fsp3) is 0.692. The van der Waals surface area contributed by atoms with Crippen molar-refractivity contribution >= 4 is 22.9 Å². The number of hydrogen-bond acceptors (Lipinski definition) is 4. The average molecular weight is 288 g/mol. The summed E-state index contributed by atoms with van der Waals surface area (Å²) in [5, 5.41) is 0. The molecule has 2 heterocycles. The molecule has 0 radical (unpaired) electrons. The van der Waals surface area contributed by atoms with E-state index in [1.54, 1.807) is 11.3 Å². The van der Waals surface area contributed by atoms with E-state index in [-0.39, 0.29) is 0 Å². The summed E-state index contributed by atoms with van der Waals surface area (Å²) in [6.45, 7) is 5.18. The summed E-state index contributed by atoms with van der Waals surface area (Å²) in [5.74, 6) is 0.685. The Hall–Kier alpha value is -0.130. The fourth-order valence-corrected chi connectivity index (χ4v) is 4.07. The van der Waals surface area contributed by atoms with Gasteiger partial charge in [-0.15, -0.1) is 11.3 Å². The quantitative estimate of drug-likeness (QED) is 0.922. The first-order valence-corrected chi connectivity index (χ1v) is 7.58. The van der Waals surface area contributed by atoms with Gasteiger partial charge in [0.25, 0.3) is 0 Å². The molecule has 5 heteroatoms. The van der Waals surface area contributed by atoms with Crippen LogP contribution in [0.5, 0.6) is 0 Å². The Kier molecular flexibility index (Phi) is 4.67. The van der Waals surface area contributed by atoms with Crippen molar-refractivity contribution in [3.8, 4) is 0 Å². The fourth-order valence-electron chi connectivity index (χ4n) is 2.87. The first-order valence-electron chi connectivity index (χ1n) is 6.38. The van der Waals surface area contributed by atoms with Crippen molar-refractivity contribution in [3.63, 3.8) is 0 Å². The van der Waals surface area contributed by atoms with Crippen LogP contribution in [0.1, 0.15) is 17.8 Å². The van der Waals surface area contributed by atoms with Crippen molar-refractivity contribution in [2.45, 2.75) is 19.0 Å². The van der Waals surface area contributed by atoms with E-state index in [2.05, 4.69) is 36.9 Å². The highest BCUT2D eigenvalue weighted by Crippen LogP contribution is 2.33. The number of hydrogen-bond donors (Lipinski definition) is 1. The van der Waals surface area contributed by atoms with Gasteiger partial charge in [0, 0.05) is 30.6 Å². The molecule has 2 N–H and O–H groups in total. The molecule has 0 aromatic carbocycles. The van der Waals surface area contributed by atoms with Gasteiger partial charge in [0.2, 0.25) is 0 Å². The highest BCUT2D eigenvalue weighted by molar-refractivity contribution is 7.16. The number of rotatable bonds is 4. The molecule has 1 saturated heterocycles. The van der Waals surface area contributed by atoms with E-state index in [0.29, 0.717) is 24.5 Å². The maximum atomic E-state index is 6.03. The largest absolute Gasteiger partial charge is 0.329 e. The Balaban J connectivity index is 2.11. The molecule has 0 spiro atoms. The van der Waals surface area contributed by atoms with Crippen LogP contribution in [0, 0.1) is 5.92 Å². The Bertz CT molecular complexity index is 393. The minimum absolute atomic E-state index is 0.315. The highest BCUT2D eigenvalue weighted by Gasteiger charge is 2.35. The van der Waals surface area contributed by atoms with Gasteiger partial charge in [-0.25, -0.2) is 0 Å². The topological polar surface area (TPSA) is 32.5 Å². The minimum Gasteiger partial charge on any atom is -0.329 e. The van der Waals surface area contributed by atoms with Gasteiger partial charge in [0.1, 0.15) is 0 Å². The van der Waals surface area contributed by atoms with E-state index in [4.69, 9.17) is 17.3 Å². The molecule has 3 nitrogen and oxygen atoms in total. The molecule has 0 bridgehead atoms. The second kappa shape index (κ2) is 5.88. The zero-order chi connectivity index (χ0) is 13.3. The summed E-state index contributed by atoms with van der Waals surface area (Å²) in [6, 6.07) is 5.01. The van der Waals surface area contributed by atoms with Gasteiger partial charge in [0.05, 0.1) is 10.4 Å². The molecule has 102 valence electrons. The van der Waals surface area contributed by atoms with Crippen molar-refractivity contribution in [1.29, 1.82) is 0 Å². The minimum atomic E-state index is 0.315. The Morgan fingerprint density at radius 3 is 2.67 bits per heavy atom. The number of likely N-dealkylation sites (tertiary alicyclic amines) is 1. The molecule has 0 saturated carbocycles. The lowest BCUT2D eigenvalue weighted by Crippen LogP contribution is -2.36. The van der Waals surface area contributed by atoms with E-state index < -0.39 is 0 Å². The molecule has 18 heavy (non-hydrogen) atoms. The van der Waals surface area contributed by atoms with Gasteiger partial charge in [-0.2, -0.15) is 0 Å². The molecule has 0 aliphatic carbocycles. The van der Waals surface area contributed by atoms with Gasteiger partial charge in [0.15, 0.2) is 0 Å². The van der Waals surface area contributed by atoms with Crippen molar-refractivity contribution in [2.24, 2.45) is 11.7 Å². The Labute approximate surface area is 119 Å². The number of thiophene rings is 1. The third kappa shape index (κ3) is 2.89. The number of likely N-dealkylation sites (N-methyl/N-ethyl adjacent to an activating group) is 1. The first kappa shape index (κ1) is 14.3. The summed E-state index contributed by atoms with van der Waals surface area (Å²) in [4.78, 5) is 6.10. The van der Waals surface area contributed by atoms with Crippen LogP contribution in [0.3, 0.4) is 0 Å². The molecule has 1 aliphatic heterocycles. The average Bonchev–Trinajstić information content (AvgIpc) is 2.87. The predicted octanol–water partition coefficient (Wildman–Crippen LogP) is 2.28. The molecule has 2 rings (SSSR count). The lowest BCUT2D eigenvalue weighted by molar-refractivity contribution is 0.221. The van der Waals surface area contributed by atoms with Crippen LogP contribution in [0.4, 0.5) is 0 Å². The van der Waals surface area contributed by atoms with Crippen LogP contribution in [0.15, 0.2) is 12.1 Å². The first-order chi connectivity index (χ1) is 8.52. The molecule has 3 atom stereocenters. The van der Waals surface area contributed by atoms with Gasteiger partial charge < -0.3 is 10.6 Å². The Morgan fingerprint density at radius 2 is 2.22 bits per heavy atom. The van der Waals surface area contributed by atoms with Crippen molar-refractivity contribution in [3.05, 3.63) is 21.3 Å². The highest BCUT2D eigenvalue weighted by atomic mass is 35.5. The predicted molar refractivity (Wildman–Crippen MR) is 79.3 cm³/mol. The molecule has 1 aromatic heterocycles. The standard InChI is InChI=1S/C13H22ClN3S/c1-9-7-17(8-11(9)16(2)3)10(6-15)12-4-5-13(14)18-12/h4-5,9-11H,6-8,15H2,1-3H3. The van der Waals surface area contributed by atoms with Crippen LogP contribution in [0.2, 0.25) is 4.34 Å². The van der Waals surface area contributed by atoms with Gasteiger partial charge >= 0.3 is 0 Å². The summed E-state index contributed by atoms with van der Waals surface area (Å²) in [6.07, 6.45) is 0. The smallest absolute Gasteiger partial charge is 0.0931 e.